The Morgan fingerprint density at radius 2 is 0.938 bits per heavy atom. The van der Waals surface area contributed by atoms with E-state index in [1.165, 1.54) is 13.3 Å². The predicted molar refractivity (Wildman–Crippen MR) is 438 cm³/mol. The van der Waals surface area contributed by atoms with Crippen LogP contribution < -0.4 is 14.2 Å². The van der Waals surface area contributed by atoms with Gasteiger partial charge in [-0.1, -0.05) is 152 Å². The number of carbonyl (C=O) groups excluding carboxylic acids is 1. The van der Waals surface area contributed by atoms with E-state index in [9.17, 15) is 51.1 Å². The molecule has 0 radical (unpaired) electrons. The number of ketones is 1. The van der Waals surface area contributed by atoms with Crippen molar-refractivity contribution < 1.29 is 53.8 Å². The first-order valence-electron chi connectivity index (χ1n) is 36.5. The van der Waals surface area contributed by atoms with Gasteiger partial charge < -0.3 is 4.79 Å². The summed E-state index contributed by atoms with van der Waals surface area (Å²) in [6.07, 6.45) is 13.9. The number of hydrogen-bond acceptors (Lipinski definition) is 16. The average molecular weight is 1540 g/mol. The zero-order chi connectivity index (χ0) is 81.0. The Morgan fingerprint density at radius 1 is 0.542 bits per heavy atom. The van der Waals surface area contributed by atoms with Gasteiger partial charge in [0, 0.05) is 118 Å². The lowest BCUT2D eigenvalue weighted by Gasteiger charge is -2.18. The van der Waals surface area contributed by atoms with Crippen molar-refractivity contribution in [3.8, 4) is 0 Å². The van der Waals surface area contributed by atoms with Crippen LogP contribution in [0.4, 0.5) is 0 Å². The van der Waals surface area contributed by atoms with Gasteiger partial charge in [-0.05, 0) is 179 Å². The third kappa shape index (κ3) is 83.9. The van der Waals surface area contributed by atoms with E-state index in [2.05, 4.69) is 74.3 Å². The molecule has 2 saturated heterocycles. The maximum atomic E-state index is 11.6. The molecule has 3 rings (SSSR count). The summed E-state index contributed by atoms with van der Waals surface area (Å²) in [5.41, 5.74) is 0. The first-order chi connectivity index (χ1) is 44.0. The number of nitrogens with one attached hydrogen (secondary N) is 3. The second-order valence-corrected chi connectivity index (χ2v) is 46.3. The average Bonchev–Trinajstić information content (AvgIpc) is 1.69. The molecule has 0 aromatic rings. The topological polar surface area (TPSA) is 290 Å². The lowest BCUT2D eigenvalue weighted by molar-refractivity contribution is -0.117. The van der Waals surface area contributed by atoms with Crippen LogP contribution in [0.5, 0.6) is 0 Å². The number of carbonyl (C=O) groups is 1. The summed E-state index contributed by atoms with van der Waals surface area (Å²) in [4.78, 5) is 10.3. The normalized spacial score (nSPS) is 18.2. The van der Waals surface area contributed by atoms with Crippen LogP contribution in [-0.4, -0.2) is 177 Å². The summed E-state index contributed by atoms with van der Waals surface area (Å²) in [6, 6.07) is 0.934. The van der Waals surface area contributed by atoms with Crippen molar-refractivity contribution >= 4 is 90.2 Å². The van der Waals surface area contributed by atoms with Crippen LogP contribution in [-0.2, 0) is 83.3 Å². The Morgan fingerprint density at radius 3 is 1.07 bits per heavy atom. The molecule has 594 valence electrons. The molecule has 5 unspecified atom stereocenters. The molecule has 2 heterocycles. The standard InChI is InChI=1S/C8H16OS.C7H17NO2S.2C7H15NOS.C7H17NOS.C6H15NOS.C6H12O.C6H14.C5H13NO2S.C4H11NO2S.3C2H6/c1-7(2)8-5-4-6-10(8,3)9;1-5-7(6(2)3)8-11(4,9)10;1-6(2)8-10(3,9)7-4-5-7;1-7(2)8-10(9)5-3-4-6-10;1-5-10(9,6-2)8-7(3)4;1-5-9(4,8)7-6(2)3;1-5(2)4-6(3)7;1-5(2)6(3)4;1-5(2)4-6-9(3,7)8;1-4(2)8(6,7)5-3;3*1-2/h7-8H,3-6H2,1-2H3;6-8H,5H2,1-4H3;6-7H,4-5H2,1-3H3;7H,3-6H2,1-2H3;7H,5-6H2,1-4H3;6H,5H2,1-4H3;5H,4H2,1-3H3;5-6H,1-4H3;5-6H,4H2,1-3H3;4-5H,1-3H3;3*1-2H3/i;;;;;;;;4D2;;;;. The van der Waals surface area contributed by atoms with Gasteiger partial charge in [0.15, 0.2) is 0 Å². The minimum atomic E-state index is -3.45. The summed E-state index contributed by atoms with van der Waals surface area (Å²) in [5, 5.41) is 0.481. The van der Waals surface area contributed by atoms with Crippen LogP contribution in [0.15, 0.2) is 17.5 Å². The van der Waals surface area contributed by atoms with Crippen molar-refractivity contribution in [1.29, 1.82) is 0 Å². The Labute approximate surface area is 605 Å². The molecule has 3 fully saturated rings. The maximum absolute atomic E-state index is 11.6. The van der Waals surface area contributed by atoms with Crippen LogP contribution in [0, 0.1) is 35.5 Å². The highest BCUT2D eigenvalue weighted by molar-refractivity contribution is 8.01. The third-order valence-electron chi connectivity index (χ3n) is 12.8. The van der Waals surface area contributed by atoms with Crippen molar-refractivity contribution in [2.45, 2.75) is 326 Å². The van der Waals surface area contributed by atoms with Crippen LogP contribution in [0.1, 0.15) is 283 Å². The molecule has 19 nitrogen and oxygen atoms in total. The Kier molecular flexibility index (Phi) is 72.6. The van der Waals surface area contributed by atoms with Crippen molar-refractivity contribution in [2.24, 2.45) is 53.0 Å². The molecule has 3 N–H and O–H groups in total. The monoisotopic (exact) mass is 1540 g/mol. The van der Waals surface area contributed by atoms with Gasteiger partial charge in [-0.2, -0.15) is 0 Å². The Balaban J connectivity index is -0.000000109. The van der Waals surface area contributed by atoms with E-state index < -0.39 is 85.0 Å². The largest absolute Gasteiger partial charge is 0.300 e. The van der Waals surface area contributed by atoms with E-state index in [-0.39, 0.29) is 47.2 Å². The van der Waals surface area contributed by atoms with E-state index in [1.54, 1.807) is 47.1 Å². The summed E-state index contributed by atoms with van der Waals surface area (Å²) >= 11 is 0. The third-order valence-corrected chi connectivity index (χ3v) is 28.4. The summed E-state index contributed by atoms with van der Waals surface area (Å²) in [7, 11) is -17.0. The van der Waals surface area contributed by atoms with Crippen LogP contribution in [0.25, 0.3) is 0 Å². The number of sulfonamides is 3. The van der Waals surface area contributed by atoms with Crippen molar-refractivity contribution in [1.82, 2.24) is 14.2 Å². The number of nitrogens with zero attached hydrogens (tertiary/aromatic N) is 4. The van der Waals surface area contributed by atoms with E-state index in [1.807, 2.05) is 157 Å². The lowest BCUT2D eigenvalue weighted by Crippen LogP contribution is -2.37. The maximum Gasteiger partial charge on any atom is 0.213 e. The molecule has 0 spiro atoms. The zero-order valence-electron chi connectivity index (χ0n) is 71.1. The summed E-state index contributed by atoms with van der Waals surface area (Å²) < 4.78 is 159. The second kappa shape index (κ2) is 62.8. The fourth-order valence-electron chi connectivity index (χ4n) is 7.24. The van der Waals surface area contributed by atoms with Gasteiger partial charge >= 0.3 is 0 Å². The molecule has 0 amide bonds. The van der Waals surface area contributed by atoms with Crippen LogP contribution in [0.3, 0.4) is 0 Å². The SMILES string of the molecule is C=S1(=O)CCCC1C(C)C.CC.CC.CC.CC(=O)CC(C)C.CC(C)C(C)C.CC(C)N=S(C)(=O)C1CC1.CC(C)N=S1(=O)CCCC1.CCC(NS(C)(=O)=O)C(C)C.CCS(=O)(CC)=NC(C)C.CCS(C)(=O)=NC(C)C.CNS(=O)(=O)C(C)C.[2H]C([2H])(NS(C)(=O)=O)C(C)C. The highest BCUT2D eigenvalue weighted by Crippen LogP contribution is 2.29. The molecule has 3 aliphatic rings. The van der Waals surface area contributed by atoms with E-state index >= 15 is 0 Å². The molecular formula is C69H163N7O12S8. The molecule has 5 atom stereocenters. The fourth-order valence-corrected chi connectivity index (χ4v) is 18.7. The fraction of sp³-hybridized carbons (Fsp3) is 0.971. The van der Waals surface area contributed by atoms with Gasteiger partial charge in [-0.25, -0.2) is 69.5 Å². The molecule has 0 bridgehead atoms. The summed E-state index contributed by atoms with van der Waals surface area (Å²) in [6.45, 7) is 63.1. The predicted octanol–water partition coefficient (Wildman–Crippen LogP) is 16.4. The molecule has 27 heteroatoms. The first-order valence-corrected chi connectivity index (χ1v) is 50.6. The minimum Gasteiger partial charge on any atom is -0.300 e. The number of hydrogen-bond donors (Lipinski definition) is 3. The molecule has 0 aromatic carbocycles. The smallest absolute Gasteiger partial charge is 0.213 e. The van der Waals surface area contributed by atoms with E-state index in [4.69, 9.17) is 2.74 Å². The molecule has 1 saturated carbocycles. The van der Waals surface area contributed by atoms with Crippen LogP contribution >= 0.6 is 0 Å². The number of rotatable bonds is 21. The Bertz CT molecular complexity index is 2890. The number of Topliss-reactive ketones (excluding diaryl/α,β-unsaturated/α-hetero) is 1. The van der Waals surface area contributed by atoms with E-state index in [0.29, 0.717) is 45.5 Å². The highest BCUT2D eigenvalue weighted by Gasteiger charge is 2.30. The molecule has 2 aliphatic heterocycles. The lowest BCUT2D eigenvalue weighted by atomic mass is 10.0. The minimum absolute atomic E-state index is 0.0741. The zero-order valence-corrected chi connectivity index (χ0v) is 75.7. The van der Waals surface area contributed by atoms with E-state index in [0.717, 1.165) is 86.7 Å². The molecular weight excluding hydrogens is 1380 g/mol. The second-order valence-electron chi connectivity index (χ2n) is 26.7. The van der Waals surface area contributed by atoms with Crippen molar-refractivity contribution in [3.05, 3.63) is 0 Å². The van der Waals surface area contributed by atoms with Gasteiger partial charge in [0.2, 0.25) is 30.1 Å². The first kappa shape index (κ1) is 111. The highest BCUT2D eigenvalue weighted by atomic mass is 32.2. The molecule has 1 aliphatic carbocycles. The molecule has 96 heavy (non-hydrogen) atoms. The Hall–Kier alpha value is -0.780. The quantitative estimate of drug-likeness (QED) is 0.0904. The molecule has 0 aromatic heterocycles. The van der Waals surface area contributed by atoms with Crippen molar-refractivity contribution in [2.75, 3.05) is 73.1 Å². The van der Waals surface area contributed by atoms with Crippen LogP contribution in [0.2, 0.25) is 0 Å². The van der Waals surface area contributed by atoms with Gasteiger partial charge in [0.05, 0.1) is 41.9 Å². The summed E-state index contributed by atoms with van der Waals surface area (Å²) in [5.74, 6) is 11.4. The van der Waals surface area contributed by atoms with Gasteiger partial charge in [0.25, 0.3) is 0 Å². The van der Waals surface area contributed by atoms with Gasteiger partial charge in [-0.15, -0.1) is 0 Å². The van der Waals surface area contributed by atoms with Crippen molar-refractivity contribution in [3.63, 3.8) is 0 Å². The van der Waals surface area contributed by atoms with Gasteiger partial charge in [0.1, 0.15) is 5.78 Å². The van der Waals surface area contributed by atoms with Gasteiger partial charge in [-0.3, -0.25) is 8.42 Å².